The Balaban J connectivity index is 2.05. The molecule has 0 aromatic heterocycles. The summed E-state index contributed by atoms with van der Waals surface area (Å²) < 4.78 is 0. The molecule has 0 radical (unpaired) electrons. The van der Waals surface area contributed by atoms with Crippen molar-refractivity contribution in [3.63, 3.8) is 0 Å². The van der Waals surface area contributed by atoms with E-state index in [-0.39, 0.29) is 0 Å². The van der Waals surface area contributed by atoms with Crippen molar-refractivity contribution in [1.82, 2.24) is 10.2 Å². The molecule has 2 nitrogen and oxygen atoms in total. The van der Waals surface area contributed by atoms with Gasteiger partial charge in [-0.2, -0.15) is 11.8 Å². The average Bonchev–Trinajstić information content (AvgIpc) is 2.29. The van der Waals surface area contributed by atoms with Crippen LogP contribution in [0.25, 0.3) is 0 Å². The number of hydrogen-bond donors (Lipinski definition) is 1. The summed E-state index contributed by atoms with van der Waals surface area (Å²) in [7, 11) is 2.28. The third-order valence-electron chi connectivity index (χ3n) is 3.46. The van der Waals surface area contributed by atoms with Crippen molar-refractivity contribution in [3.8, 4) is 0 Å². The Hall–Kier alpha value is 0.270. The zero-order chi connectivity index (χ0) is 11.8. The van der Waals surface area contributed by atoms with E-state index < -0.39 is 0 Å². The number of hydrogen-bond acceptors (Lipinski definition) is 3. The summed E-state index contributed by atoms with van der Waals surface area (Å²) in [5.41, 5.74) is 0. The molecule has 1 rings (SSSR count). The lowest BCUT2D eigenvalue weighted by molar-refractivity contribution is 0.175. The molecule has 0 amide bonds. The summed E-state index contributed by atoms with van der Waals surface area (Å²) in [5, 5.41) is 3.64. The first-order valence-electron chi connectivity index (χ1n) is 6.75. The molecule has 96 valence electrons. The highest BCUT2D eigenvalue weighted by molar-refractivity contribution is 7.99. The van der Waals surface area contributed by atoms with Crippen LogP contribution in [0, 0.1) is 0 Å². The van der Waals surface area contributed by atoms with Crippen LogP contribution in [0.3, 0.4) is 0 Å². The standard InChI is InChI=1S/C13H28N2S/c1-4-16-11-12(2)14-9-8-13-7-5-6-10-15(13)3/h12-14H,4-11H2,1-3H3. The average molecular weight is 244 g/mol. The molecule has 1 aliphatic rings. The van der Waals surface area contributed by atoms with Gasteiger partial charge in [0.25, 0.3) is 0 Å². The first-order valence-corrected chi connectivity index (χ1v) is 7.91. The second-order valence-electron chi connectivity index (χ2n) is 4.93. The Morgan fingerprint density at radius 2 is 2.25 bits per heavy atom. The van der Waals surface area contributed by atoms with Crippen LogP contribution >= 0.6 is 11.8 Å². The summed E-state index contributed by atoms with van der Waals surface area (Å²) in [6.45, 7) is 7.01. The first kappa shape index (κ1) is 14.3. The summed E-state index contributed by atoms with van der Waals surface area (Å²) in [6, 6.07) is 1.49. The Bertz CT molecular complexity index is 175. The predicted molar refractivity (Wildman–Crippen MR) is 75.3 cm³/mol. The quantitative estimate of drug-likeness (QED) is 0.741. The van der Waals surface area contributed by atoms with Gasteiger partial charge in [0.1, 0.15) is 0 Å². The normalized spacial score (nSPS) is 24.6. The number of nitrogens with zero attached hydrogens (tertiary/aromatic N) is 1. The molecule has 0 aromatic rings. The maximum atomic E-state index is 3.64. The molecule has 2 unspecified atom stereocenters. The highest BCUT2D eigenvalue weighted by Gasteiger charge is 2.18. The van der Waals surface area contributed by atoms with E-state index in [0.717, 1.165) is 6.04 Å². The van der Waals surface area contributed by atoms with E-state index in [2.05, 4.69) is 31.1 Å². The minimum absolute atomic E-state index is 0.666. The van der Waals surface area contributed by atoms with Gasteiger partial charge in [0.05, 0.1) is 0 Å². The molecular formula is C13H28N2S. The third kappa shape index (κ3) is 5.55. The minimum atomic E-state index is 0.666. The van der Waals surface area contributed by atoms with E-state index in [1.807, 2.05) is 11.8 Å². The van der Waals surface area contributed by atoms with E-state index in [1.165, 1.54) is 50.3 Å². The highest BCUT2D eigenvalue weighted by Crippen LogP contribution is 2.17. The first-order chi connectivity index (χ1) is 7.74. The molecule has 1 heterocycles. The summed E-state index contributed by atoms with van der Waals surface area (Å²) in [4.78, 5) is 2.54. The Labute approximate surface area is 106 Å². The SMILES string of the molecule is CCSCC(C)NCCC1CCCCN1C. The topological polar surface area (TPSA) is 15.3 Å². The lowest BCUT2D eigenvalue weighted by Gasteiger charge is -2.32. The van der Waals surface area contributed by atoms with Gasteiger partial charge in [-0.05, 0) is 52.1 Å². The molecule has 0 saturated carbocycles. The lowest BCUT2D eigenvalue weighted by atomic mass is 10.0. The van der Waals surface area contributed by atoms with Gasteiger partial charge in [0.2, 0.25) is 0 Å². The van der Waals surface area contributed by atoms with Gasteiger partial charge in [0.15, 0.2) is 0 Å². The van der Waals surface area contributed by atoms with Crippen LogP contribution in [-0.4, -0.2) is 48.6 Å². The maximum absolute atomic E-state index is 3.64. The van der Waals surface area contributed by atoms with Crippen LogP contribution in [0.5, 0.6) is 0 Å². The van der Waals surface area contributed by atoms with Crippen molar-refractivity contribution >= 4 is 11.8 Å². The van der Waals surface area contributed by atoms with Gasteiger partial charge in [-0.25, -0.2) is 0 Å². The molecular weight excluding hydrogens is 216 g/mol. The monoisotopic (exact) mass is 244 g/mol. The summed E-state index contributed by atoms with van der Waals surface area (Å²) >= 11 is 2.03. The molecule has 0 aliphatic carbocycles. The molecule has 0 aromatic carbocycles. The van der Waals surface area contributed by atoms with E-state index in [4.69, 9.17) is 0 Å². The maximum Gasteiger partial charge on any atom is 0.0129 e. The van der Waals surface area contributed by atoms with Gasteiger partial charge in [0, 0.05) is 17.8 Å². The van der Waals surface area contributed by atoms with Crippen molar-refractivity contribution in [3.05, 3.63) is 0 Å². The molecule has 2 atom stereocenters. The number of rotatable bonds is 7. The molecule has 3 heteroatoms. The molecule has 16 heavy (non-hydrogen) atoms. The second kappa shape index (κ2) is 8.37. The van der Waals surface area contributed by atoms with Crippen molar-refractivity contribution in [2.45, 2.75) is 51.6 Å². The Morgan fingerprint density at radius 1 is 1.44 bits per heavy atom. The summed E-state index contributed by atoms with van der Waals surface area (Å²) in [6.07, 6.45) is 5.54. The van der Waals surface area contributed by atoms with Gasteiger partial charge in [-0.3, -0.25) is 0 Å². The lowest BCUT2D eigenvalue weighted by Crippen LogP contribution is -2.39. The fourth-order valence-corrected chi connectivity index (χ4v) is 3.07. The van der Waals surface area contributed by atoms with Crippen molar-refractivity contribution in [1.29, 1.82) is 0 Å². The fourth-order valence-electron chi connectivity index (χ4n) is 2.36. The van der Waals surface area contributed by atoms with Crippen LogP contribution in [0.1, 0.15) is 39.5 Å². The molecule has 1 N–H and O–H groups in total. The summed E-state index contributed by atoms with van der Waals surface area (Å²) in [5.74, 6) is 2.48. The van der Waals surface area contributed by atoms with Crippen molar-refractivity contribution in [2.75, 3.05) is 31.6 Å². The third-order valence-corrected chi connectivity index (χ3v) is 4.61. The van der Waals surface area contributed by atoms with E-state index in [9.17, 15) is 0 Å². The fraction of sp³-hybridized carbons (Fsp3) is 1.00. The van der Waals surface area contributed by atoms with Gasteiger partial charge < -0.3 is 10.2 Å². The van der Waals surface area contributed by atoms with Crippen LogP contribution in [0.2, 0.25) is 0 Å². The van der Waals surface area contributed by atoms with Crippen LogP contribution < -0.4 is 5.32 Å². The van der Waals surface area contributed by atoms with Crippen LogP contribution in [-0.2, 0) is 0 Å². The predicted octanol–water partition coefficient (Wildman–Crippen LogP) is 2.59. The number of thioether (sulfide) groups is 1. The van der Waals surface area contributed by atoms with E-state index in [0.29, 0.717) is 6.04 Å². The van der Waals surface area contributed by atoms with Gasteiger partial charge >= 0.3 is 0 Å². The smallest absolute Gasteiger partial charge is 0.0129 e. The largest absolute Gasteiger partial charge is 0.313 e. The zero-order valence-corrected chi connectivity index (χ0v) is 12.0. The Morgan fingerprint density at radius 3 is 2.94 bits per heavy atom. The minimum Gasteiger partial charge on any atom is -0.313 e. The van der Waals surface area contributed by atoms with Gasteiger partial charge in [-0.1, -0.05) is 13.3 Å². The molecule has 1 fully saturated rings. The van der Waals surface area contributed by atoms with Crippen molar-refractivity contribution < 1.29 is 0 Å². The Kier molecular flexibility index (Phi) is 7.50. The molecule has 1 saturated heterocycles. The second-order valence-corrected chi connectivity index (χ2v) is 6.25. The van der Waals surface area contributed by atoms with Gasteiger partial charge in [-0.15, -0.1) is 0 Å². The van der Waals surface area contributed by atoms with Crippen molar-refractivity contribution in [2.24, 2.45) is 0 Å². The van der Waals surface area contributed by atoms with Crippen LogP contribution in [0.4, 0.5) is 0 Å². The van der Waals surface area contributed by atoms with Crippen LogP contribution in [0.15, 0.2) is 0 Å². The highest BCUT2D eigenvalue weighted by atomic mass is 32.2. The van der Waals surface area contributed by atoms with E-state index in [1.54, 1.807) is 0 Å². The zero-order valence-electron chi connectivity index (χ0n) is 11.2. The number of piperidine rings is 1. The van der Waals surface area contributed by atoms with E-state index >= 15 is 0 Å². The molecule has 0 spiro atoms. The molecule has 1 aliphatic heterocycles. The number of likely N-dealkylation sites (tertiary alicyclic amines) is 1. The number of nitrogens with one attached hydrogen (secondary N) is 1. The molecule has 0 bridgehead atoms.